The van der Waals surface area contributed by atoms with E-state index in [-0.39, 0.29) is 5.84 Å². The van der Waals surface area contributed by atoms with Gasteiger partial charge in [0.1, 0.15) is 5.84 Å². The summed E-state index contributed by atoms with van der Waals surface area (Å²) >= 11 is 0. The van der Waals surface area contributed by atoms with Gasteiger partial charge in [0.25, 0.3) is 0 Å². The van der Waals surface area contributed by atoms with Crippen LogP contribution in [0.1, 0.15) is 42.5 Å². The molecule has 2 rings (SSSR count). The Labute approximate surface area is 119 Å². The lowest BCUT2D eigenvalue weighted by atomic mass is 10.0. The minimum absolute atomic E-state index is 0.0132. The molecule has 1 fully saturated rings. The lowest BCUT2D eigenvalue weighted by Gasteiger charge is -2.30. The number of nitrogens with two attached hydrogens (primary N) is 1. The van der Waals surface area contributed by atoms with Crippen LogP contribution in [0.4, 0.5) is 5.82 Å². The lowest BCUT2D eigenvalue weighted by Crippen LogP contribution is -2.40. The molecule has 0 radical (unpaired) electrons. The molecule has 20 heavy (non-hydrogen) atoms. The van der Waals surface area contributed by atoms with Crippen LogP contribution in [0.5, 0.6) is 0 Å². The second-order valence-electron chi connectivity index (χ2n) is 5.81. The first-order chi connectivity index (χ1) is 9.34. The van der Waals surface area contributed by atoms with Crippen molar-refractivity contribution in [2.24, 2.45) is 5.73 Å². The maximum atomic E-state index is 10.5. The Hall–Kier alpha value is -1.69. The summed E-state index contributed by atoms with van der Waals surface area (Å²) in [5, 5.41) is 26.6. The van der Waals surface area contributed by atoms with Gasteiger partial charge in [0.2, 0.25) is 0 Å². The number of amidine groups is 1. The first kappa shape index (κ1) is 14.7. The summed E-state index contributed by atoms with van der Waals surface area (Å²) in [5.74, 6) is 0.557. The molecule has 1 saturated carbocycles. The van der Waals surface area contributed by atoms with Crippen LogP contribution in [-0.4, -0.2) is 40.3 Å². The first-order valence-corrected chi connectivity index (χ1v) is 6.96. The van der Waals surface area contributed by atoms with Crippen LogP contribution in [0, 0.1) is 19.3 Å². The van der Waals surface area contributed by atoms with Crippen LogP contribution >= 0.6 is 0 Å². The number of anilines is 1. The molecule has 1 aromatic heterocycles. The zero-order valence-corrected chi connectivity index (χ0v) is 12.4. The summed E-state index contributed by atoms with van der Waals surface area (Å²) in [6, 6.07) is 0. The number of nitrogen functional groups attached to an aromatic ring is 1. The van der Waals surface area contributed by atoms with Crippen molar-refractivity contribution in [1.82, 2.24) is 10.2 Å². The van der Waals surface area contributed by atoms with E-state index in [0.29, 0.717) is 17.9 Å². The van der Waals surface area contributed by atoms with Gasteiger partial charge in [-0.05, 0) is 32.3 Å². The molecule has 0 bridgehead atoms. The van der Waals surface area contributed by atoms with Gasteiger partial charge >= 0.3 is 0 Å². The highest BCUT2D eigenvalue weighted by Gasteiger charge is 2.33. The van der Waals surface area contributed by atoms with Crippen LogP contribution in [0.2, 0.25) is 0 Å². The van der Waals surface area contributed by atoms with E-state index < -0.39 is 5.60 Å². The van der Waals surface area contributed by atoms with E-state index in [0.717, 1.165) is 36.9 Å². The third-order valence-corrected chi connectivity index (χ3v) is 4.13. The Balaban J connectivity index is 2.32. The Bertz CT molecular complexity index is 523. The van der Waals surface area contributed by atoms with E-state index in [9.17, 15) is 5.11 Å². The minimum atomic E-state index is -0.663. The lowest BCUT2D eigenvalue weighted by molar-refractivity contribution is 0.0557. The largest absolute Gasteiger partial charge is 0.388 e. The van der Waals surface area contributed by atoms with Crippen molar-refractivity contribution in [3.05, 3.63) is 16.8 Å². The molecule has 1 aliphatic rings. The number of aryl methyl sites for hydroxylation is 1. The topological polar surface area (TPSA) is 99.1 Å². The van der Waals surface area contributed by atoms with E-state index in [1.54, 1.807) is 0 Å². The van der Waals surface area contributed by atoms with Crippen LogP contribution in [0.15, 0.2) is 0 Å². The number of aromatic nitrogens is 2. The van der Waals surface area contributed by atoms with E-state index in [4.69, 9.17) is 11.1 Å². The van der Waals surface area contributed by atoms with Gasteiger partial charge in [-0.1, -0.05) is 12.8 Å². The third kappa shape index (κ3) is 2.75. The summed E-state index contributed by atoms with van der Waals surface area (Å²) in [5.41, 5.74) is 7.28. The molecule has 6 heteroatoms. The second kappa shape index (κ2) is 5.36. The highest BCUT2D eigenvalue weighted by atomic mass is 16.3. The van der Waals surface area contributed by atoms with E-state index in [2.05, 4.69) is 10.2 Å². The van der Waals surface area contributed by atoms with Gasteiger partial charge < -0.3 is 15.7 Å². The highest BCUT2D eigenvalue weighted by molar-refractivity contribution is 6.01. The average molecular weight is 277 g/mol. The Kier molecular flexibility index (Phi) is 3.94. The Morgan fingerprint density at radius 2 is 1.95 bits per heavy atom. The van der Waals surface area contributed by atoms with Crippen molar-refractivity contribution in [1.29, 1.82) is 5.41 Å². The van der Waals surface area contributed by atoms with Crippen molar-refractivity contribution >= 4 is 11.7 Å². The molecular weight excluding hydrogens is 254 g/mol. The average Bonchev–Trinajstić information content (AvgIpc) is 2.78. The fourth-order valence-corrected chi connectivity index (χ4v) is 2.89. The second-order valence-corrected chi connectivity index (χ2v) is 5.81. The molecule has 1 heterocycles. The molecule has 0 spiro atoms. The smallest absolute Gasteiger partial charge is 0.162 e. The van der Waals surface area contributed by atoms with Gasteiger partial charge in [-0.15, -0.1) is 5.10 Å². The Morgan fingerprint density at radius 1 is 1.35 bits per heavy atom. The molecule has 0 saturated heterocycles. The normalized spacial score (nSPS) is 17.2. The number of nitrogens with zero attached hydrogens (tertiary/aromatic N) is 3. The molecule has 0 aromatic carbocycles. The fraction of sp³-hybridized carbons (Fsp3) is 0.643. The number of nitrogens with one attached hydrogen (secondary N) is 1. The first-order valence-electron chi connectivity index (χ1n) is 6.96. The quantitative estimate of drug-likeness (QED) is 0.566. The predicted molar refractivity (Wildman–Crippen MR) is 79.2 cm³/mol. The number of hydrogen-bond donors (Lipinski definition) is 3. The summed E-state index contributed by atoms with van der Waals surface area (Å²) < 4.78 is 0. The molecule has 0 atom stereocenters. The van der Waals surface area contributed by atoms with Crippen molar-refractivity contribution in [3.8, 4) is 0 Å². The molecule has 1 aromatic rings. The summed E-state index contributed by atoms with van der Waals surface area (Å²) in [7, 11) is 1.86. The van der Waals surface area contributed by atoms with E-state index in [1.165, 1.54) is 0 Å². The van der Waals surface area contributed by atoms with Gasteiger partial charge in [0.15, 0.2) is 5.82 Å². The molecule has 4 N–H and O–H groups in total. The molecule has 0 aliphatic heterocycles. The van der Waals surface area contributed by atoms with Crippen LogP contribution < -0.4 is 10.6 Å². The predicted octanol–water partition coefficient (Wildman–Crippen LogP) is 1.12. The molecule has 0 amide bonds. The van der Waals surface area contributed by atoms with Gasteiger partial charge in [-0.2, -0.15) is 5.10 Å². The van der Waals surface area contributed by atoms with Gasteiger partial charge in [0.05, 0.1) is 16.9 Å². The zero-order chi connectivity index (χ0) is 14.9. The minimum Gasteiger partial charge on any atom is -0.388 e. The maximum absolute atomic E-state index is 10.5. The van der Waals surface area contributed by atoms with Crippen LogP contribution in [-0.2, 0) is 0 Å². The Morgan fingerprint density at radius 3 is 2.50 bits per heavy atom. The SMILES string of the molecule is Cc1nnc(N(C)CC2(O)CCCC2)c(C(=N)N)c1C. The van der Waals surface area contributed by atoms with Crippen LogP contribution in [0.25, 0.3) is 0 Å². The van der Waals surface area contributed by atoms with Crippen molar-refractivity contribution in [3.63, 3.8) is 0 Å². The molecular formula is C14H23N5O. The molecule has 6 nitrogen and oxygen atoms in total. The van der Waals surface area contributed by atoms with E-state index >= 15 is 0 Å². The number of aliphatic hydroxyl groups is 1. The summed E-state index contributed by atoms with van der Waals surface area (Å²) in [6.07, 6.45) is 3.74. The fourth-order valence-electron chi connectivity index (χ4n) is 2.89. The number of rotatable bonds is 4. The van der Waals surface area contributed by atoms with Crippen molar-refractivity contribution in [2.45, 2.75) is 45.1 Å². The summed E-state index contributed by atoms with van der Waals surface area (Å²) in [6.45, 7) is 4.23. The third-order valence-electron chi connectivity index (χ3n) is 4.13. The zero-order valence-electron chi connectivity index (χ0n) is 12.4. The van der Waals surface area contributed by atoms with Crippen molar-refractivity contribution in [2.75, 3.05) is 18.5 Å². The van der Waals surface area contributed by atoms with E-state index in [1.807, 2.05) is 25.8 Å². The van der Waals surface area contributed by atoms with Gasteiger partial charge in [-0.3, -0.25) is 5.41 Å². The van der Waals surface area contributed by atoms with Crippen molar-refractivity contribution < 1.29 is 5.11 Å². The molecule has 1 aliphatic carbocycles. The van der Waals surface area contributed by atoms with Crippen LogP contribution in [0.3, 0.4) is 0 Å². The number of likely N-dealkylation sites (N-methyl/N-ethyl adjacent to an activating group) is 1. The molecule has 0 unspecified atom stereocenters. The van der Waals surface area contributed by atoms with Gasteiger partial charge in [0, 0.05) is 13.6 Å². The van der Waals surface area contributed by atoms with Gasteiger partial charge in [-0.25, -0.2) is 0 Å². The number of hydrogen-bond acceptors (Lipinski definition) is 5. The maximum Gasteiger partial charge on any atom is 0.162 e. The highest BCUT2D eigenvalue weighted by Crippen LogP contribution is 2.31. The summed E-state index contributed by atoms with van der Waals surface area (Å²) in [4.78, 5) is 1.86. The standard InChI is InChI=1S/C14H23N5O/c1-9-10(2)17-18-13(11(9)12(15)16)19(3)8-14(20)6-4-5-7-14/h20H,4-8H2,1-3H3,(H3,15,16). The monoisotopic (exact) mass is 277 g/mol. The molecule has 110 valence electrons.